The van der Waals surface area contributed by atoms with Gasteiger partial charge in [0.05, 0.1) is 18.6 Å². The Kier molecular flexibility index (Phi) is 6.37. The largest absolute Gasteiger partial charge is 0.569 e. The maximum atomic E-state index is 11.5. The van der Waals surface area contributed by atoms with Crippen molar-refractivity contribution >= 4 is 17.8 Å². The molecule has 0 aromatic heterocycles. The number of hydrazine groups is 1. The molecule has 1 rings (SSSR count). The van der Waals surface area contributed by atoms with Crippen molar-refractivity contribution in [2.45, 2.75) is 32.1 Å². The molecule has 1 N–H and O–H groups in total. The number of hydrogen-bond acceptors (Lipinski definition) is 6. The number of unbranched alkanes of at least 4 members (excludes halogenated alkanes) is 1. The highest BCUT2D eigenvalue weighted by molar-refractivity contribution is 6.01. The molecule has 0 bridgehead atoms. The number of carboxylic acid groups (broad SMARTS) is 1. The number of nitrogens with zero attached hydrogens (tertiary/aromatic N) is 4. The number of carboxylic acids is 1. The van der Waals surface area contributed by atoms with Crippen LogP contribution in [0.2, 0.25) is 0 Å². The number of likely N-dealkylation sites (tertiary alicyclic amines) is 1. The van der Waals surface area contributed by atoms with Gasteiger partial charge in [0.2, 0.25) is 23.8 Å². The number of carbonyl (C=O) groups excluding carboxylic acids is 2. The lowest BCUT2D eigenvalue weighted by Gasteiger charge is -2.13. The summed E-state index contributed by atoms with van der Waals surface area (Å²) in [7, 11) is 1.47. The second-order valence-corrected chi connectivity index (χ2v) is 4.54. The van der Waals surface area contributed by atoms with Crippen LogP contribution in [-0.2, 0) is 19.2 Å². The fourth-order valence-electron chi connectivity index (χ4n) is 1.66. The van der Waals surface area contributed by atoms with Crippen LogP contribution in [0.1, 0.15) is 32.1 Å². The second kappa shape index (κ2) is 8.02. The summed E-state index contributed by atoms with van der Waals surface area (Å²) in [5, 5.41) is 24.3. The topological polar surface area (TPSA) is 126 Å². The number of aliphatic carboxylic acids is 1. The Morgan fingerprint density at radius 1 is 1.43 bits per heavy atom. The van der Waals surface area contributed by atoms with Gasteiger partial charge >= 0.3 is 5.97 Å². The molecular formula is C11H18N4O6. The standard InChI is InChI=1S/C11H18N4O6/c1-13(7-3-2-4-11(18)19)15(20)12-21-8-14-9(16)5-6-10(14)17/h2-8H2,1H3,(H,18,19)/b15-12+. The Morgan fingerprint density at radius 3 is 2.62 bits per heavy atom. The van der Waals surface area contributed by atoms with Crippen LogP contribution in [0.3, 0.4) is 0 Å². The molecule has 0 aliphatic carbocycles. The Hall–Kier alpha value is -2.39. The molecule has 118 valence electrons. The molecule has 1 aliphatic rings. The van der Waals surface area contributed by atoms with E-state index in [9.17, 15) is 19.6 Å². The molecule has 0 aromatic carbocycles. The molecule has 10 nitrogen and oxygen atoms in total. The van der Waals surface area contributed by atoms with Crippen LogP contribution in [0, 0.1) is 5.21 Å². The van der Waals surface area contributed by atoms with Crippen molar-refractivity contribution in [3.05, 3.63) is 5.21 Å². The molecule has 1 aliphatic heterocycles. The zero-order chi connectivity index (χ0) is 15.8. The molecule has 0 saturated carbocycles. The summed E-state index contributed by atoms with van der Waals surface area (Å²) in [4.78, 5) is 38.6. The molecule has 0 atom stereocenters. The molecular weight excluding hydrogens is 284 g/mol. The molecule has 10 heteroatoms. The minimum atomic E-state index is -0.885. The van der Waals surface area contributed by atoms with Crippen LogP contribution < -0.4 is 0 Å². The van der Waals surface area contributed by atoms with E-state index in [0.717, 1.165) is 4.90 Å². The number of amides is 2. The zero-order valence-corrected chi connectivity index (χ0v) is 11.7. The van der Waals surface area contributed by atoms with Crippen molar-refractivity contribution in [3.63, 3.8) is 0 Å². The normalized spacial score (nSPS) is 15.5. The fourth-order valence-corrected chi connectivity index (χ4v) is 1.66. The van der Waals surface area contributed by atoms with Gasteiger partial charge in [-0.2, -0.15) is 0 Å². The summed E-state index contributed by atoms with van der Waals surface area (Å²) >= 11 is 0. The number of rotatable bonds is 9. The number of imide groups is 1. The lowest BCUT2D eigenvalue weighted by Crippen LogP contribution is -2.32. The average molecular weight is 302 g/mol. The monoisotopic (exact) mass is 302 g/mol. The van der Waals surface area contributed by atoms with Crippen molar-refractivity contribution in [2.75, 3.05) is 20.3 Å². The highest BCUT2D eigenvalue weighted by atomic mass is 16.7. The van der Waals surface area contributed by atoms with Crippen molar-refractivity contribution in [2.24, 2.45) is 5.28 Å². The molecule has 0 aromatic rings. The predicted molar refractivity (Wildman–Crippen MR) is 67.2 cm³/mol. The lowest BCUT2D eigenvalue weighted by atomic mass is 10.2. The van der Waals surface area contributed by atoms with Crippen molar-refractivity contribution < 1.29 is 29.3 Å². The molecule has 0 unspecified atom stereocenters. The van der Waals surface area contributed by atoms with Crippen molar-refractivity contribution in [1.29, 1.82) is 0 Å². The van der Waals surface area contributed by atoms with Crippen LogP contribution in [0.4, 0.5) is 0 Å². The first-order valence-electron chi connectivity index (χ1n) is 6.48. The van der Waals surface area contributed by atoms with Gasteiger partial charge in [-0.15, -0.1) is 5.01 Å². The third-order valence-electron chi connectivity index (χ3n) is 2.88. The van der Waals surface area contributed by atoms with Crippen LogP contribution in [0.15, 0.2) is 5.28 Å². The van der Waals surface area contributed by atoms with Crippen LogP contribution in [0.25, 0.3) is 0 Å². The van der Waals surface area contributed by atoms with E-state index in [-0.39, 0.29) is 42.8 Å². The van der Waals surface area contributed by atoms with Crippen molar-refractivity contribution in [1.82, 2.24) is 9.91 Å². The van der Waals surface area contributed by atoms with Gasteiger partial charge in [0.1, 0.15) is 0 Å². The van der Waals surface area contributed by atoms with E-state index < -0.39 is 5.97 Å². The van der Waals surface area contributed by atoms with E-state index in [1.165, 1.54) is 12.1 Å². The molecule has 1 heterocycles. The van der Waals surface area contributed by atoms with Crippen LogP contribution in [-0.4, -0.2) is 58.1 Å². The first kappa shape index (κ1) is 16.7. The third kappa shape index (κ3) is 5.63. The highest BCUT2D eigenvalue weighted by Gasteiger charge is 2.29. The predicted octanol–water partition coefficient (Wildman–Crippen LogP) is 0.0887. The summed E-state index contributed by atoms with van der Waals surface area (Å²) in [6.07, 6.45) is 1.30. The Bertz CT molecular complexity index is 422. The summed E-state index contributed by atoms with van der Waals surface area (Å²) in [5.74, 6) is -1.59. The minimum absolute atomic E-state index is 0.0412. The van der Waals surface area contributed by atoms with Gasteiger partial charge in [-0.3, -0.25) is 14.4 Å². The molecule has 2 amide bonds. The van der Waals surface area contributed by atoms with Gasteiger partial charge in [-0.25, -0.2) is 4.90 Å². The van der Waals surface area contributed by atoms with Crippen LogP contribution >= 0.6 is 0 Å². The SMILES string of the molecule is CN(CCCCC(=O)O)/[N+]([O-])=N\OCN1C(=O)CCC1=O. The summed E-state index contributed by atoms with van der Waals surface area (Å²) < 4.78 is 0. The zero-order valence-electron chi connectivity index (χ0n) is 11.7. The molecule has 1 fully saturated rings. The Balaban J connectivity index is 2.26. The van der Waals surface area contributed by atoms with Crippen molar-refractivity contribution in [3.8, 4) is 0 Å². The molecule has 21 heavy (non-hydrogen) atoms. The van der Waals surface area contributed by atoms with Gasteiger partial charge < -0.3 is 15.2 Å². The van der Waals surface area contributed by atoms with Gasteiger partial charge in [0.15, 0.2) is 0 Å². The minimum Gasteiger partial charge on any atom is -0.569 e. The highest BCUT2D eigenvalue weighted by Crippen LogP contribution is 2.11. The fraction of sp³-hybridized carbons (Fsp3) is 0.727. The third-order valence-corrected chi connectivity index (χ3v) is 2.88. The molecule has 1 saturated heterocycles. The summed E-state index contributed by atoms with van der Waals surface area (Å²) in [6.45, 7) is -0.0749. The molecule has 0 radical (unpaired) electrons. The average Bonchev–Trinajstić information content (AvgIpc) is 2.74. The van der Waals surface area contributed by atoms with E-state index in [0.29, 0.717) is 19.4 Å². The number of carbonyl (C=O) groups is 3. The van der Waals surface area contributed by atoms with Gasteiger partial charge in [0, 0.05) is 19.3 Å². The van der Waals surface area contributed by atoms with Gasteiger partial charge in [-0.1, -0.05) is 0 Å². The first-order chi connectivity index (χ1) is 9.91. The van der Waals surface area contributed by atoms with E-state index in [4.69, 9.17) is 5.11 Å². The first-order valence-corrected chi connectivity index (χ1v) is 6.48. The smallest absolute Gasteiger partial charge is 0.303 e. The lowest BCUT2D eigenvalue weighted by molar-refractivity contribution is -0.705. The van der Waals surface area contributed by atoms with E-state index in [1.807, 2.05) is 0 Å². The quantitative estimate of drug-likeness (QED) is 0.210. The van der Waals surface area contributed by atoms with Crippen LogP contribution in [0.5, 0.6) is 0 Å². The summed E-state index contributed by atoms with van der Waals surface area (Å²) in [5.41, 5.74) is 0. The second-order valence-electron chi connectivity index (χ2n) is 4.54. The Morgan fingerprint density at radius 2 is 2.05 bits per heavy atom. The maximum absolute atomic E-state index is 11.5. The summed E-state index contributed by atoms with van der Waals surface area (Å²) in [6, 6.07) is 0. The Labute approximate surface area is 121 Å². The van der Waals surface area contributed by atoms with E-state index in [2.05, 4.69) is 10.1 Å². The number of hydrogen-bond donors (Lipinski definition) is 1. The van der Waals surface area contributed by atoms with E-state index >= 15 is 0 Å². The van der Waals surface area contributed by atoms with E-state index in [1.54, 1.807) is 0 Å². The van der Waals surface area contributed by atoms with Gasteiger partial charge in [0.25, 0.3) is 0 Å². The van der Waals surface area contributed by atoms with Gasteiger partial charge in [-0.05, 0) is 12.8 Å². The molecule has 0 spiro atoms. The maximum Gasteiger partial charge on any atom is 0.303 e.